The maximum Gasteiger partial charge on any atom is 0.253 e. The molecular formula is C20H19N7O. The van der Waals surface area contributed by atoms with E-state index in [1.165, 1.54) is 11.0 Å². The summed E-state index contributed by atoms with van der Waals surface area (Å²) in [5.74, 6) is -0.225. The Labute approximate surface area is 161 Å². The van der Waals surface area contributed by atoms with E-state index in [0.29, 0.717) is 5.69 Å². The van der Waals surface area contributed by atoms with Crippen LogP contribution in [0.5, 0.6) is 0 Å². The number of aryl methyl sites for hydroxylation is 2. The minimum Gasteiger partial charge on any atom is -0.324 e. The Morgan fingerprint density at radius 2 is 1.79 bits per heavy atom. The number of tetrazole rings is 1. The third kappa shape index (κ3) is 3.52. The van der Waals surface area contributed by atoms with Gasteiger partial charge in [0.25, 0.3) is 5.91 Å². The predicted octanol–water partition coefficient (Wildman–Crippen LogP) is 2.70. The molecule has 8 nitrogen and oxygen atoms in total. The van der Waals surface area contributed by atoms with Gasteiger partial charge >= 0.3 is 0 Å². The highest BCUT2D eigenvalue weighted by Crippen LogP contribution is 2.21. The van der Waals surface area contributed by atoms with Gasteiger partial charge < -0.3 is 5.32 Å². The molecule has 0 spiro atoms. The summed E-state index contributed by atoms with van der Waals surface area (Å²) < 4.78 is 3.31. The lowest BCUT2D eigenvalue weighted by Gasteiger charge is -2.17. The molecule has 4 rings (SSSR count). The number of aromatic nitrogens is 6. The number of hydrogen-bond acceptors (Lipinski definition) is 5. The Bertz CT molecular complexity index is 1070. The van der Waals surface area contributed by atoms with Crippen LogP contribution in [-0.4, -0.2) is 35.9 Å². The summed E-state index contributed by atoms with van der Waals surface area (Å²) in [5, 5.41) is 18.6. The zero-order chi connectivity index (χ0) is 19.5. The van der Waals surface area contributed by atoms with Crippen molar-refractivity contribution in [3.63, 3.8) is 0 Å². The van der Waals surface area contributed by atoms with E-state index in [9.17, 15) is 4.79 Å². The highest BCUT2D eigenvalue weighted by molar-refractivity contribution is 5.95. The van der Waals surface area contributed by atoms with Crippen molar-refractivity contribution >= 4 is 11.6 Å². The van der Waals surface area contributed by atoms with Crippen molar-refractivity contribution in [3.8, 4) is 5.69 Å². The molecule has 0 saturated heterocycles. The second kappa shape index (κ2) is 7.43. The summed E-state index contributed by atoms with van der Waals surface area (Å²) in [6.07, 6.45) is 1.43. The first kappa shape index (κ1) is 17.6. The quantitative estimate of drug-likeness (QED) is 0.581. The number of anilines is 1. The Hall–Kier alpha value is -3.81. The van der Waals surface area contributed by atoms with E-state index in [1.54, 1.807) is 0 Å². The molecule has 1 atom stereocenters. The average Bonchev–Trinajstić information content (AvgIpc) is 3.33. The molecule has 2 heterocycles. The largest absolute Gasteiger partial charge is 0.324 e. The van der Waals surface area contributed by atoms with Gasteiger partial charge in [0.1, 0.15) is 6.33 Å². The van der Waals surface area contributed by atoms with Crippen molar-refractivity contribution in [2.75, 3.05) is 5.32 Å². The van der Waals surface area contributed by atoms with Gasteiger partial charge in [0, 0.05) is 11.4 Å². The molecule has 1 unspecified atom stereocenters. The molecule has 0 saturated carbocycles. The molecule has 140 valence electrons. The molecule has 4 aromatic rings. The Balaban J connectivity index is 1.57. The molecule has 1 amide bonds. The first-order valence-electron chi connectivity index (χ1n) is 8.84. The number of carbonyl (C=O) groups excluding carboxylic acids is 1. The Morgan fingerprint density at radius 1 is 1.04 bits per heavy atom. The van der Waals surface area contributed by atoms with Crippen molar-refractivity contribution in [3.05, 3.63) is 83.9 Å². The first-order valence-corrected chi connectivity index (χ1v) is 8.84. The smallest absolute Gasteiger partial charge is 0.253 e. The van der Waals surface area contributed by atoms with Gasteiger partial charge in [-0.25, -0.2) is 9.36 Å². The van der Waals surface area contributed by atoms with Crippen LogP contribution in [0, 0.1) is 13.8 Å². The van der Waals surface area contributed by atoms with Gasteiger partial charge in [-0.3, -0.25) is 4.79 Å². The number of nitrogens with zero attached hydrogens (tertiary/aromatic N) is 6. The number of nitrogens with one attached hydrogen (secondary N) is 1. The van der Waals surface area contributed by atoms with Crippen molar-refractivity contribution < 1.29 is 4.79 Å². The normalized spacial score (nSPS) is 11.9. The minimum atomic E-state index is -0.660. The lowest BCUT2D eigenvalue weighted by molar-refractivity contribution is -0.118. The van der Waals surface area contributed by atoms with Gasteiger partial charge in [-0.05, 0) is 60.2 Å². The number of amides is 1. The van der Waals surface area contributed by atoms with Gasteiger partial charge in [0.15, 0.2) is 6.04 Å². The summed E-state index contributed by atoms with van der Waals surface area (Å²) in [4.78, 5) is 13.0. The zero-order valence-electron chi connectivity index (χ0n) is 15.5. The van der Waals surface area contributed by atoms with Crippen LogP contribution in [0.4, 0.5) is 5.69 Å². The fourth-order valence-electron chi connectivity index (χ4n) is 3.13. The molecule has 0 radical (unpaired) electrons. The van der Waals surface area contributed by atoms with E-state index in [-0.39, 0.29) is 5.91 Å². The lowest BCUT2D eigenvalue weighted by atomic mass is 10.1. The van der Waals surface area contributed by atoms with Crippen LogP contribution in [0.2, 0.25) is 0 Å². The van der Waals surface area contributed by atoms with Crippen LogP contribution < -0.4 is 5.32 Å². The van der Waals surface area contributed by atoms with Crippen LogP contribution in [0.25, 0.3) is 5.69 Å². The summed E-state index contributed by atoms with van der Waals surface area (Å²) in [6.45, 7) is 3.97. The number of benzene rings is 2. The highest BCUT2D eigenvalue weighted by Gasteiger charge is 2.24. The molecule has 0 aliphatic rings. The maximum absolute atomic E-state index is 13.0. The van der Waals surface area contributed by atoms with Gasteiger partial charge in [0.05, 0.1) is 11.4 Å². The second-order valence-electron chi connectivity index (χ2n) is 6.48. The highest BCUT2D eigenvalue weighted by atomic mass is 16.2. The minimum absolute atomic E-state index is 0.225. The van der Waals surface area contributed by atoms with Gasteiger partial charge in [0.2, 0.25) is 0 Å². The third-order valence-electron chi connectivity index (χ3n) is 4.38. The second-order valence-corrected chi connectivity index (χ2v) is 6.48. The van der Waals surface area contributed by atoms with E-state index in [1.807, 2.05) is 79.2 Å². The van der Waals surface area contributed by atoms with Crippen LogP contribution in [0.15, 0.2) is 67.0 Å². The van der Waals surface area contributed by atoms with Crippen LogP contribution in [0.3, 0.4) is 0 Å². The monoisotopic (exact) mass is 373 g/mol. The van der Waals surface area contributed by atoms with E-state index in [0.717, 1.165) is 22.6 Å². The summed E-state index contributed by atoms with van der Waals surface area (Å²) >= 11 is 0. The topological polar surface area (TPSA) is 90.5 Å². The van der Waals surface area contributed by atoms with Gasteiger partial charge in [-0.1, -0.05) is 30.3 Å². The molecule has 8 heteroatoms. The number of carbonyl (C=O) groups is 1. The fourth-order valence-corrected chi connectivity index (χ4v) is 3.13. The zero-order valence-corrected chi connectivity index (χ0v) is 15.5. The van der Waals surface area contributed by atoms with Crippen LogP contribution in [0.1, 0.15) is 23.0 Å². The third-order valence-corrected chi connectivity index (χ3v) is 4.38. The fraction of sp³-hybridized carbons (Fsp3) is 0.150. The van der Waals surface area contributed by atoms with E-state index in [2.05, 4.69) is 25.9 Å². The van der Waals surface area contributed by atoms with E-state index < -0.39 is 6.04 Å². The molecule has 1 N–H and O–H groups in total. The molecular weight excluding hydrogens is 354 g/mol. The van der Waals surface area contributed by atoms with Gasteiger partial charge in [-0.15, -0.1) is 5.10 Å². The Morgan fingerprint density at radius 3 is 2.39 bits per heavy atom. The average molecular weight is 373 g/mol. The molecule has 2 aromatic carbocycles. The van der Waals surface area contributed by atoms with Gasteiger partial charge in [-0.2, -0.15) is 5.10 Å². The van der Waals surface area contributed by atoms with Crippen molar-refractivity contribution in [1.82, 2.24) is 30.0 Å². The number of rotatable bonds is 5. The van der Waals surface area contributed by atoms with Crippen molar-refractivity contribution in [1.29, 1.82) is 0 Å². The Kier molecular flexibility index (Phi) is 4.67. The summed E-state index contributed by atoms with van der Waals surface area (Å²) in [5.41, 5.74) is 4.43. The molecule has 0 aliphatic carbocycles. The van der Waals surface area contributed by atoms with Crippen molar-refractivity contribution in [2.24, 2.45) is 0 Å². The van der Waals surface area contributed by atoms with Crippen LogP contribution in [-0.2, 0) is 4.79 Å². The molecule has 28 heavy (non-hydrogen) atoms. The SMILES string of the molecule is Cc1cc(C)n(-c2ccc(NC(=O)C(c3ccccc3)n3cnnn3)cc2)n1. The standard InChI is InChI=1S/C20H19N7O/c1-14-12-15(2)27(23-14)18-10-8-17(9-11-18)22-20(28)19(26-13-21-24-25-26)16-6-4-3-5-7-16/h3-13,19H,1-2H3,(H,22,28). The van der Waals surface area contributed by atoms with Crippen molar-refractivity contribution in [2.45, 2.75) is 19.9 Å². The number of hydrogen-bond donors (Lipinski definition) is 1. The molecule has 0 fully saturated rings. The van der Waals surface area contributed by atoms with Crippen LogP contribution >= 0.6 is 0 Å². The first-order chi connectivity index (χ1) is 13.6. The van der Waals surface area contributed by atoms with E-state index >= 15 is 0 Å². The molecule has 2 aromatic heterocycles. The predicted molar refractivity (Wildman–Crippen MR) is 104 cm³/mol. The summed E-state index contributed by atoms with van der Waals surface area (Å²) in [7, 11) is 0. The molecule has 0 aliphatic heterocycles. The van der Waals surface area contributed by atoms with E-state index in [4.69, 9.17) is 0 Å². The lowest BCUT2D eigenvalue weighted by Crippen LogP contribution is -2.27. The maximum atomic E-state index is 13.0. The molecule has 0 bridgehead atoms. The summed E-state index contributed by atoms with van der Waals surface area (Å²) in [6, 6.07) is 18.3.